The monoisotopic (exact) mass is 398 g/mol. The number of benzene rings is 2. The molecule has 0 heterocycles. The first-order valence-electron chi connectivity index (χ1n) is 10.7. The molecule has 1 aliphatic carbocycles. The maximum atomic E-state index is 2.59. The predicted octanol–water partition coefficient (Wildman–Crippen LogP) is 6.82. The fourth-order valence-electron chi connectivity index (χ4n) is 5.11. The van der Waals surface area contributed by atoms with E-state index in [9.17, 15) is 0 Å². The number of hydrogen-bond acceptors (Lipinski definition) is 0. The van der Waals surface area contributed by atoms with Gasteiger partial charge in [0.25, 0.3) is 0 Å². The van der Waals surface area contributed by atoms with Gasteiger partial charge >= 0.3 is 0 Å². The van der Waals surface area contributed by atoms with Gasteiger partial charge in [-0.2, -0.15) is 0 Å². The Labute approximate surface area is 169 Å². The molecule has 1 fully saturated rings. The van der Waals surface area contributed by atoms with Gasteiger partial charge in [-0.15, -0.1) is 7.92 Å². The summed E-state index contributed by atoms with van der Waals surface area (Å²) in [6.45, 7) is 12.1. The molecule has 0 aromatic heterocycles. The summed E-state index contributed by atoms with van der Waals surface area (Å²) in [5, 5.41) is 3.22. The van der Waals surface area contributed by atoms with Crippen LogP contribution < -0.4 is 10.6 Å². The standard InChI is InChI=1S/C25H36P2/c1-6-26(7-2)25-18-12-15-22(25)21(5)27(23-16-10-8-13-19(23)3)24-17-11-9-14-20(24)4/h8-11,13-14,16-17,21-22,25H,6-7,12,15,18H2,1-5H3. The lowest BCUT2D eigenvalue weighted by Crippen LogP contribution is -2.31. The van der Waals surface area contributed by atoms with Crippen LogP contribution in [0.3, 0.4) is 0 Å². The van der Waals surface area contributed by atoms with E-state index in [0.29, 0.717) is 0 Å². The van der Waals surface area contributed by atoms with Gasteiger partial charge in [0.1, 0.15) is 0 Å². The van der Waals surface area contributed by atoms with Gasteiger partial charge in [-0.1, -0.05) is 75.7 Å². The molecule has 3 unspecified atom stereocenters. The van der Waals surface area contributed by atoms with E-state index in [2.05, 4.69) is 83.1 Å². The van der Waals surface area contributed by atoms with Crippen LogP contribution in [0.4, 0.5) is 0 Å². The van der Waals surface area contributed by atoms with Crippen LogP contribution in [-0.4, -0.2) is 23.6 Å². The molecule has 0 N–H and O–H groups in total. The van der Waals surface area contributed by atoms with Crippen molar-refractivity contribution in [3.8, 4) is 0 Å². The molecule has 1 saturated carbocycles. The molecular weight excluding hydrogens is 362 g/mol. The molecular formula is C25H36P2. The molecule has 3 rings (SSSR count). The minimum atomic E-state index is -0.316. The van der Waals surface area contributed by atoms with Gasteiger partial charge in [-0.05, 0) is 85.9 Å². The molecule has 0 radical (unpaired) electrons. The van der Waals surface area contributed by atoms with Crippen molar-refractivity contribution in [3.05, 3.63) is 59.7 Å². The summed E-state index contributed by atoms with van der Waals surface area (Å²) in [7, 11) is -0.112. The first kappa shape index (κ1) is 21.0. The lowest BCUT2D eigenvalue weighted by atomic mass is 10.0. The van der Waals surface area contributed by atoms with Crippen LogP contribution in [0.25, 0.3) is 0 Å². The molecule has 3 atom stereocenters. The van der Waals surface area contributed by atoms with Crippen LogP contribution in [0, 0.1) is 19.8 Å². The summed E-state index contributed by atoms with van der Waals surface area (Å²) in [5.74, 6) is 0.904. The summed E-state index contributed by atoms with van der Waals surface area (Å²) in [5.41, 5.74) is 4.70. The Hall–Kier alpha value is -0.700. The minimum Gasteiger partial charge on any atom is -0.104 e. The third-order valence-corrected chi connectivity index (χ3v) is 13.0. The molecule has 0 aliphatic heterocycles. The lowest BCUT2D eigenvalue weighted by Gasteiger charge is -2.37. The van der Waals surface area contributed by atoms with Crippen LogP contribution in [0.15, 0.2) is 48.5 Å². The van der Waals surface area contributed by atoms with Crippen molar-refractivity contribution >= 4 is 26.5 Å². The number of rotatable bonds is 7. The van der Waals surface area contributed by atoms with Gasteiger partial charge in [-0.25, -0.2) is 0 Å². The average Bonchev–Trinajstić information content (AvgIpc) is 3.15. The largest absolute Gasteiger partial charge is 0.104 e. The van der Waals surface area contributed by atoms with E-state index in [1.165, 1.54) is 42.7 Å². The van der Waals surface area contributed by atoms with E-state index in [0.717, 1.165) is 17.2 Å². The number of aryl methyl sites for hydroxylation is 2. The van der Waals surface area contributed by atoms with Gasteiger partial charge in [0, 0.05) is 0 Å². The maximum absolute atomic E-state index is 2.59. The Morgan fingerprint density at radius 2 is 1.37 bits per heavy atom. The first-order chi connectivity index (χ1) is 13.1. The predicted molar refractivity (Wildman–Crippen MR) is 127 cm³/mol. The van der Waals surface area contributed by atoms with Gasteiger partial charge in [-0.3, -0.25) is 0 Å². The van der Waals surface area contributed by atoms with Crippen LogP contribution in [0.2, 0.25) is 0 Å². The Morgan fingerprint density at radius 3 is 1.85 bits per heavy atom. The van der Waals surface area contributed by atoms with E-state index in [1.807, 2.05) is 0 Å². The Kier molecular flexibility index (Phi) is 7.53. The van der Waals surface area contributed by atoms with Gasteiger partial charge in [0.2, 0.25) is 0 Å². The SMILES string of the molecule is CCP(CC)C1CCCC1C(C)P(c1ccccc1C)c1ccccc1C. The highest BCUT2D eigenvalue weighted by Crippen LogP contribution is 2.57. The topological polar surface area (TPSA) is 0 Å². The summed E-state index contributed by atoms with van der Waals surface area (Å²) in [6, 6.07) is 18.3. The smallest absolute Gasteiger partial charge is 0.0123 e. The summed E-state index contributed by atoms with van der Waals surface area (Å²) in [4.78, 5) is 0. The van der Waals surface area contributed by atoms with E-state index in [-0.39, 0.29) is 15.8 Å². The summed E-state index contributed by atoms with van der Waals surface area (Å²) >= 11 is 0. The molecule has 0 amide bonds. The molecule has 0 spiro atoms. The van der Waals surface area contributed by atoms with Crippen molar-refractivity contribution in [3.63, 3.8) is 0 Å². The van der Waals surface area contributed by atoms with E-state index in [4.69, 9.17) is 0 Å². The molecule has 2 aromatic rings. The average molecular weight is 399 g/mol. The second-order valence-corrected chi connectivity index (χ2v) is 13.7. The fraction of sp³-hybridized carbons (Fsp3) is 0.520. The van der Waals surface area contributed by atoms with Crippen molar-refractivity contribution in [2.75, 3.05) is 12.3 Å². The zero-order valence-electron chi connectivity index (χ0n) is 17.8. The molecule has 0 nitrogen and oxygen atoms in total. The highest BCUT2D eigenvalue weighted by molar-refractivity contribution is 7.73. The van der Waals surface area contributed by atoms with Gasteiger partial charge < -0.3 is 0 Å². The van der Waals surface area contributed by atoms with Crippen molar-refractivity contribution in [1.29, 1.82) is 0 Å². The highest BCUT2D eigenvalue weighted by Gasteiger charge is 2.39. The maximum Gasteiger partial charge on any atom is -0.0123 e. The molecule has 0 saturated heterocycles. The van der Waals surface area contributed by atoms with Crippen molar-refractivity contribution in [2.24, 2.45) is 5.92 Å². The molecule has 0 bridgehead atoms. The van der Waals surface area contributed by atoms with Crippen LogP contribution in [0.5, 0.6) is 0 Å². The zero-order valence-corrected chi connectivity index (χ0v) is 19.6. The van der Waals surface area contributed by atoms with Crippen molar-refractivity contribution < 1.29 is 0 Å². The zero-order chi connectivity index (χ0) is 19.4. The van der Waals surface area contributed by atoms with Crippen LogP contribution in [-0.2, 0) is 0 Å². The molecule has 27 heavy (non-hydrogen) atoms. The van der Waals surface area contributed by atoms with E-state index in [1.54, 1.807) is 10.6 Å². The normalized spacial score (nSPS) is 21.1. The Morgan fingerprint density at radius 1 is 0.852 bits per heavy atom. The molecule has 2 heteroatoms. The summed E-state index contributed by atoms with van der Waals surface area (Å²) < 4.78 is 0. The van der Waals surface area contributed by atoms with Crippen molar-refractivity contribution in [2.45, 2.75) is 65.2 Å². The Balaban J connectivity index is 2.03. The second kappa shape index (κ2) is 9.67. The Bertz CT molecular complexity index is 689. The third kappa shape index (κ3) is 4.49. The second-order valence-electron chi connectivity index (χ2n) is 8.07. The molecule has 146 valence electrons. The van der Waals surface area contributed by atoms with Crippen molar-refractivity contribution in [1.82, 2.24) is 0 Å². The van der Waals surface area contributed by atoms with Crippen LogP contribution >= 0.6 is 15.8 Å². The first-order valence-corrected chi connectivity index (χ1v) is 13.9. The fourth-order valence-corrected chi connectivity index (χ4v) is 11.4. The quantitative estimate of drug-likeness (QED) is 0.449. The third-order valence-electron chi connectivity index (χ3n) is 6.59. The van der Waals surface area contributed by atoms with Gasteiger partial charge in [0.05, 0.1) is 0 Å². The van der Waals surface area contributed by atoms with E-state index >= 15 is 0 Å². The molecule has 1 aliphatic rings. The van der Waals surface area contributed by atoms with Gasteiger partial charge in [0.15, 0.2) is 0 Å². The highest BCUT2D eigenvalue weighted by atomic mass is 31.1. The lowest BCUT2D eigenvalue weighted by molar-refractivity contribution is 0.546. The minimum absolute atomic E-state index is 0.203. The number of hydrogen-bond donors (Lipinski definition) is 0. The van der Waals surface area contributed by atoms with Crippen LogP contribution in [0.1, 0.15) is 51.2 Å². The summed E-state index contributed by atoms with van der Waals surface area (Å²) in [6.07, 6.45) is 7.19. The molecule has 2 aromatic carbocycles. The van der Waals surface area contributed by atoms with E-state index < -0.39 is 0 Å².